The van der Waals surface area contributed by atoms with Crippen LogP contribution in [0.1, 0.15) is 48.0 Å². The van der Waals surface area contributed by atoms with Gasteiger partial charge in [-0.05, 0) is 50.1 Å². The Morgan fingerprint density at radius 3 is 2.32 bits per heavy atom. The molecule has 0 spiro atoms. The van der Waals surface area contributed by atoms with Gasteiger partial charge in [0.05, 0.1) is 23.7 Å². The molecule has 0 fully saturated rings. The summed E-state index contributed by atoms with van der Waals surface area (Å²) < 4.78 is 46.8. The Morgan fingerprint density at radius 1 is 0.947 bits per heavy atom. The molecule has 200 valence electrons. The van der Waals surface area contributed by atoms with Gasteiger partial charge in [0.15, 0.2) is 17.4 Å². The molecule has 3 aromatic rings. The van der Waals surface area contributed by atoms with E-state index in [4.69, 9.17) is 4.74 Å². The van der Waals surface area contributed by atoms with Crippen molar-refractivity contribution >= 4 is 17.8 Å². The zero-order valence-electron chi connectivity index (χ0n) is 21.2. The monoisotopic (exact) mass is 527 g/mol. The number of hydrogen-bond acceptors (Lipinski definition) is 5. The number of aromatic nitrogens is 1. The first kappa shape index (κ1) is 28.4. The Kier molecular flexibility index (Phi) is 9.22. The predicted octanol–water partition coefficient (Wildman–Crippen LogP) is 4.68. The number of ether oxygens (including phenoxy) is 1. The average Bonchev–Trinajstić information content (AvgIpc) is 2.85. The first-order chi connectivity index (χ1) is 17.9. The van der Waals surface area contributed by atoms with Gasteiger partial charge in [0, 0.05) is 24.2 Å². The summed E-state index contributed by atoms with van der Waals surface area (Å²) >= 11 is 0. The fraction of sp³-hybridized carbons (Fsp3) is 0.286. The summed E-state index contributed by atoms with van der Waals surface area (Å²) in [5.74, 6) is -4.86. The third-order valence-electron chi connectivity index (χ3n) is 5.37. The zero-order chi connectivity index (χ0) is 27.9. The van der Waals surface area contributed by atoms with Crippen LogP contribution in [0.3, 0.4) is 0 Å². The Labute approximate surface area is 218 Å². The summed E-state index contributed by atoms with van der Waals surface area (Å²) in [6.07, 6.45) is -0.453. The highest BCUT2D eigenvalue weighted by molar-refractivity contribution is 5.98. The van der Waals surface area contributed by atoms with Crippen LogP contribution in [-0.4, -0.2) is 34.3 Å². The van der Waals surface area contributed by atoms with Crippen LogP contribution in [0.2, 0.25) is 0 Å². The van der Waals surface area contributed by atoms with Crippen molar-refractivity contribution in [1.82, 2.24) is 15.6 Å². The molecule has 0 bridgehead atoms. The van der Waals surface area contributed by atoms with E-state index in [1.165, 1.54) is 12.3 Å². The molecule has 0 radical (unpaired) electrons. The van der Waals surface area contributed by atoms with E-state index in [0.29, 0.717) is 17.7 Å². The van der Waals surface area contributed by atoms with Gasteiger partial charge in [-0.25, -0.2) is 18.0 Å². The molecule has 0 aliphatic heterocycles. The van der Waals surface area contributed by atoms with Gasteiger partial charge in [0.1, 0.15) is 12.4 Å². The molecular weight excluding hydrogens is 499 g/mol. The molecule has 0 saturated heterocycles. The Morgan fingerprint density at radius 2 is 1.63 bits per heavy atom. The molecule has 1 atom stereocenters. The van der Waals surface area contributed by atoms with Gasteiger partial charge in [-0.3, -0.25) is 14.6 Å². The Balaban J connectivity index is 1.83. The van der Waals surface area contributed by atoms with Gasteiger partial charge in [-0.1, -0.05) is 30.3 Å². The second-order valence-corrected chi connectivity index (χ2v) is 9.67. The van der Waals surface area contributed by atoms with Gasteiger partial charge >= 0.3 is 6.09 Å². The molecule has 0 aliphatic carbocycles. The minimum Gasteiger partial charge on any atom is -0.445 e. The van der Waals surface area contributed by atoms with Gasteiger partial charge < -0.3 is 15.4 Å². The lowest BCUT2D eigenvalue weighted by molar-refractivity contribution is -0.120. The van der Waals surface area contributed by atoms with Crippen LogP contribution in [0.5, 0.6) is 0 Å². The lowest BCUT2D eigenvalue weighted by Gasteiger charge is -2.22. The highest BCUT2D eigenvalue weighted by Gasteiger charge is 2.27. The summed E-state index contributed by atoms with van der Waals surface area (Å²) in [7, 11) is 0. The number of halogens is 3. The number of pyridine rings is 1. The highest BCUT2D eigenvalue weighted by Crippen LogP contribution is 2.17. The molecule has 1 heterocycles. The second kappa shape index (κ2) is 12.4. The van der Waals surface area contributed by atoms with E-state index in [2.05, 4.69) is 15.6 Å². The summed E-state index contributed by atoms with van der Waals surface area (Å²) in [4.78, 5) is 42.7. The largest absolute Gasteiger partial charge is 0.445 e. The number of benzene rings is 2. The smallest absolute Gasteiger partial charge is 0.408 e. The number of carbonyl (C=O) groups excluding carboxylic acids is 3. The normalized spacial score (nSPS) is 11.9. The maximum atomic E-state index is 14.4. The minimum absolute atomic E-state index is 0.0928. The lowest BCUT2D eigenvalue weighted by Crippen LogP contribution is -2.44. The van der Waals surface area contributed by atoms with E-state index in [-0.39, 0.29) is 23.4 Å². The fourth-order valence-electron chi connectivity index (χ4n) is 3.57. The number of Topliss-reactive ketones (excluding diaryl/α,β-unsaturated/α-hetero) is 1. The van der Waals surface area contributed by atoms with E-state index in [9.17, 15) is 27.6 Å². The van der Waals surface area contributed by atoms with Gasteiger partial charge in [0.2, 0.25) is 0 Å². The number of nitrogens with zero attached hydrogens (tertiary/aromatic N) is 1. The number of amides is 2. The van der Waals surface area contributed by atoms with Crippen molar-refractivity contribution in [3.05, 3.63) is 101 Å². The average molecular weight is 528 g/mol. The summed E-state index contributed by atoms with van der Waals surface area (Å²) in [6, 6.07) is 11.4. The second-order valence-electron chi connectivity index (χ2n) is 9.67. The summed E-state index contributed by atoms with van der Waals surface area (Å²) in [6.45, 7) is 5.29. The van der Waals surface area contributed by atoms with Crippen LogP contribution in [0.4, 0.5) is 18.0 Å². The van der Waals surface area contributed by atoms with E-state index >= 15 is 0 Å². The maximum absolute atomic E-state index is 14.4. The van der Waals surface area contributed by atoms with Crippen molar-refractivity contribution in [3.8, 4) is 0 Å². The van der Waals surface area contributed by atoms with E-state index in [1.54, 1.807) is 57.2 Å². The third-order valence-corrected chi connectivity index (χ3v) is 5.37. The van der Waals surface area contributed by atoms with Crippen LogP contribution >= 0.6 is 0 Å². The molecule has 2 aromatic carbocycles. The molecule has 1 aromatic heterocycles. The van der Waals surface area contributed by atoms with Crippen molar-refractivity contribution in [1.29, 1.82) is 0 Å². The highest BCUT2D eigenvalue weighted by atomic mass is 19.2. The zero-order valence-corrected chi connectivity index (χ0v) is 21.2. The summed E-state index contributed by atoms with van der Waals surface area (Å²) in [5, 5.41) is 5.18. The number of nitrogens with one attached hydrogen (secondary N) is 2. The van der Waals surface area contributed by atoms with Crippen molar-refractivity contribution in [2.45, 2.75) is 51.8 Å². The first-order valence-corrected chi connectivity index (χ1v) is 11.8. The predicted molar refractivity (Wildman–Crippen MR) is 134 cm³/mol. The van der Waals surface area contributed by atoms with E-state index in [0.717, 1.165) is 0 Å². The fourth-order valence-corrected chi connectivity index (χ4v) is 3.57. The van der Waals surface area contributed by atoms with E-state index < -0.39 is 59.7 Å². The molecule has 0 aliphatic rings. The van der Waals surface area contributed by atoms with Crippen molar-refractivity contribution in [2.75, 3.05) is 0 Å². The Bertz CT molecular complexity index is 1310. The van der Waals surface area contributed by atoms with Crippen LogP contribution < -0.4 is 10.6 Å². The first-order valence-electron chi connectivity index (χ1n) is 11.8. The lowest BCUT2D eigenvalue weighted by atomic mass is 9.97. The van der Waals surface area contributed by atoms with Crippen LogP contribution in [-0.2, 0) is 29.0 Å². The molecule has 3 rings (SSSR count). The van der Waals surface area contributed by atoms with Crippen LogP contribution in [0, 0.1) is 17.5 Å². The van der Waals surface area contributed by atoms with Crippen molar-refractivity contribution in [2.24, 2.45) is 0 Å². The van der Waals surface area contributed by atoms with Crippen LogP contribution in [0.25, 0.3) is 0 Å². The topological polar surface area (TPSA) is 97.4 Å². The van der Waals surface area contributed by atoms with Crippen LogP contribution in [0.15, 0.2) is 60.8 Å². The summed E-state index contributed by atoms with van der Waals surface area (Å²) in [5.41, 5.74) is 0.109. The number of alkyl carbamates (subject to hydrolysis) is 1. The molecule has 2 amide bonds. The molecule has 7 nitrogen and oxygen atoms in total. The molecule has 2 N–H and O–H groups in total. The van der Waals surface area contributed by atoms with Gasteiger partial charge in [0.25, 0.3) is 5.91 Å². The minimum atomic E-state index is -1.39. The molecular formula is C28H28F3N3O4. The third kappa shape index (κ3) is 8.16. The van der Waals surface area contributed by atoms with Gasteiger partial charge in [-0.2, -0.15) is 0 Å². The standard InChI is InChI=1S/C28H28F3N3O4/c1-28(2,3)34-26(36)19-10-7-11-32-23(19)15-25(35)24(13-18-12-21(30)22(31)14-20(18)29)33-27(37)38-16-17-8-5-4-6-9-17/h4-12,14,24H,13,15-16H2,1-3H3,(H,33,37)(H,34,36). The maximum Gasteiger partial charge on any atom is 0.408 e. The number of rotatable bonds is 9. The number of hydrogen-bond donors (Lipinski definition) is 2. The number of carbonyl (C=O) groups is 3. The van der Waals surface area contributed by atoms with Gasteiger partial charge in [-0.15, -0.1) is 0 Å². The van der Waals surface area contributed by atoms with Crippen molar-refractivity contribution < 1.29 is 32.3 Å². The van der Waals surface area contributed by atoms with Crippen molar-refractivity contribution in [3.63, 3.8) is 0 Å². The molecule has 1 unspecified atom stereocenters. The Hall–Kier alpha value is -4.21. The molecule has 10 heteroatoms. The van der Waals surface area contributed by atoms with E-state index in [1.807, 2.05) is 0 Å². The molecule has 38 heavy (non-hydrogen) atoms. The SMILES string of the molecule is CC(C)(C)NC(=O)c1cccnc1CC(=O)C(Cc1cc(F)c(F)cc1F)NC(=O)OCc1ccccc1. The molecule has 0 saturated carbocycles. The number of ketones is 1. The quantitative estimate of drug-likeness (QED) is 0.394.